The van der Waals surface area contributed by atoms with Gasteiger partial charge in [-0.05, 0) is 46.6 Å². The van der Waals surface area contributed by atoms with E-state index in [0.29, 0.717) is 11.2 Å². The predicted molar refractivity (Wildman–Crippen MR) is 114 cm³/mol. The van der Waals surface area contributed by atoms with Crippen LogP contribution in [0.15, 0.2) is 57.9 Å². The van der Waals surface area contributed by atoms with Crippen LogP contribution in [0.2, 0.25) is 0 Å². The van der Waals surface area contributed by atoms with Crippen molar-refractivity contribution in [2.75, 3.05) is 5.32 Å². The van der Waals surface area contributed by atoms with Gasteiger partial charge in [-0.1, -0.05) is 24.3 Å². The van der Waals surface area contributed by atoms with Gasteiger partial charge in [-0.2, -0.15) is 5.10 Å². The van der Waals surface area contributed by atoms with Gasteiger partial charge in [-0.3, -0.25) is 4.79 Å². The van der Waals surface area contributed by atoms with E-state index >= 15 is 0 Å². The summed E-state index contributed by atoms with van der Waals surface area (Å²) in [6.07, 6.45) is 1.66. The summed E-state index contributed by atoms with van der Waals surface area (Å²) in [6.45, 7) is 1.93. The first-order valence-electron chi connectivity index (χ1n) is 8.70. The molecule has 0 aliphatic heterocycles. The van der Waals surface area contributed by atoms with E-state index < -0.39 is 6.03 Å². The van der Waals surface area contributed by atoms with Gasteiger partial charge in [0.2, 0.25) is 0 Å². The molecule has 8 heteroatoms. The Morgan fingerprint density at radius 2 is 1.96 bits per heavy atom. The first-order chi connectivity index (χ1) is 13.5. The third kappa shape index (κ3) is 3.16. The van der Waals surface area contributed by atoms with E-state index in [1.54, 1.807) is 6.20 Å². The molecular weight excluding hydrogens is 422 g/mol. The molecule has 2 aromatic heterocycles. The number of para-hydroxylation sites is 1. The molecule has 2 heterocycles. The third-order valence-corrected chi connectivity index (χ3v) is 5.33. The Labute approximate surface area is 169 Å². The highest BCUT2D eigenvalue weighted by Crippen LogP contribution is 2.25. The molecule has 0 atom stereocenters. The molecule has 0 saturated heterocycles. The Balaban J connectivity index is 1.57. The standard InChI is InChI=1S/C20H18BrN5O2/c1-12-7-8-16(15(21)9-12)24-20(28)22-11-26-19(27)18-14(10-23-26)13-5-3-4-6-17(13)25(18)2/h3-10H,11H2,1-2H3,(H2,22,24,28). The first-order valence-corrected chi connectivity index (χ1v) is 9.49. The summed E-state index contributed by atoms with van der Waals surface area (Å²) < 4.78 is 3.88. The number of nitrogens with one attached hydrogen (secondary N) is 2. The summed E-state index contributed by atoms with van der Waals surface area (Å²) in [5, 5.41) is 11.4. The van der Waals surface area contributed by atoms with Gasteiger partial charge in [0.15, 0.2) is 0 Å². The van der Waals surface area contributed by atoms with Gasteiger partial charge in [0, 0.05) is 27.8 Å². The SMILES string of the molecule is Cc1ccc(NC(=O)NCn2ncc3c4ccccc4n(C)c3c2=O)c(Br)c1. The maximum absolute atomic E-state index is 12.9. The van der Waals surface area contributed by atoms with E-state index in [2.05, 4.69) is 31.7 Å². The van der Waals surface area contributed by atoms with Crippen LogP contribution in [0.1, 0.15) is 5.56 Å². The highest BCUT2D eigenvalue weighted by molar-refractivity contribution is 9.10. The number of anilines is 1. The molecule has 28 heavy (non-hydrogen) atoms. The molecule has 7 nitrogen and oxygen atoms in total. The van der Waals surface area contributed by atoms with Crippen LogP contribution in [0.3, 0.4) is 0 Å². The molecule has 0 fully saturated rings. The van der Waals surface area contributed by atoms with Crippen LogP contribution < -0.4 is 16.2 Å². The van der Waals surface area contributed by atoms with Gasteiger partial charge in [-0.15, -0.1) is 0 Å². The number of carbonyl (C=O) groups is 1. The maximum Gasteiger partial charge on any atom is 0.320 e. The van der Waals surface area contributed by atoms with Crippen LogP contribution in [0.4, 0.5) is 10.5 Å². The molecule has 4 rings (SSSR count). The number of aryl methyl sites for hydroxylation is 2. The number of halogens is 1. The fourth-order valence-electron chi connectivity index (χ4n) is 3.26. The van der Waals surface area contributed by atoms with E-state index in [1.807, 2.05) is 61.0 Å². The second kappa shape index (κ2) is 7.12. The van der Waals surface area contributed by atoms with Crippen molar-refractivity contribution in [3.05, 3.63) is 69.1 Å². The van der Waals surface area contributed by atoms with Gasteiger partial charge in [0.05, 0.1) is 11.9 Å². The van der Waals surface area contributed by atoms with E-state index in [9.17, 15) is 9.59 Å². The molecule has 2 aromatic carbocycles. The van der Waals surface area contributed by atoms with Gasteiger partial charge >= 0.3 is 6.03 Å². The fraction of sp³-hybridized carbons (Fsp3) is 0.150. The van der Waals surface area contributed by atoms with E-state index in [4.69, 9.17) is 0 Å². The van der Waals surface area contributed by atoms with Crippen molar-refractivity contribution in [1.82, 2.24) is 19.7 Å². The lowest BCUT2D eigenvalue weighted by molar-refractivity contribution is 0.248. The van der Waals surface area contributed by atoms with Gasteiger partial charge in [-0.25, -0.2) is 9.48 Å². The van der Waals surface area contributed by atoms with E-state index in [1.165, 1.54) is 4.68 Å². The van der Waals surface area contributed by atoms with Crippen LogP contribution in [-0.2, 0) is 13.7 Å². The molecule has 2 amide bonds. The van der Waals surface area contributed by atoms with Crippen LogP contribution in [-0.4, -0.2) is 20.4 Å². The Kier molecular flexibility index (Phi) is 4.64. The largest absolute Gasteiger partial charge is 0.339 e. The highest BCUT2D eigenvalue weighted by atomic mass is 79.9. The summed E-state index contributed by atoms with van der Waals surface area (Å²) in [5.41, 5.74) is 2.99. The Morgan fingerprint density at radius 3 is 2.75 bits per heavy atom. The average Bonchev–Trinajstić information content (AvgIpc) is 2.97. The Morgan fingerprint density at radius 1 is 1.18 bits per heavy atom. The van der Waals surface area contributed by atoms with Crippen molar-refractivity contribution in [1.29, 1.82) is 0 Å². The third-order valence-electron chi connectivity index (χ3n) is 4.67. The molecule has 0 bridgehead atoms. The van der Waals surface area contributed by atoms with Crippen molar-refractivity contribution < 1.29 is 4.79 Å². The maximum atomic E-state index is 12.9. The second-order valence-corrected chi connectivity index (χ2v) is 7.41. The number of fused-ring (bicyclic) bond motifs is 3. The molecule has 0 radical (unpaired) electrons. The number of nitrogens with zero attached hydrogens (tertiary/aromatic N) is 3. The molecular formula is C20H18BrN5O2. The van der Waals surface area contributed by atoms with Crippen molar-refractivity contribution >= 4 is 49.5 Å². The zero-order valence-corrected chi connectivity index (χ0v) is 16.9. The van der Waals surface area contributed by atoms with Gasteiger partial charge in [0.25, 0.3) is 5.56 Å². The Bertz CT molecular complexity index is 1280. The second-order valence-electron chi connectivity index (χ2n) is 6.56. The van der Waals surface area contributed by atoms with Crippen LogP contribution in [0.5, 0.6) is 0 Å². The number of amides is 2. The number of hydrogen-bond acceptors (Lipinski definition) is 3. The number of rotatable bonds is 3. The van der Waals surface area contributed by atoms with Crippen LogP contribution in [0.25, 0.3) is 21.8 Å². The van der Waals surface area contributed by atoms with E-state index in [0.717, 1.165) is 26.3 Å². The van der Waals surface area contributed by atoms with Crippen LogP contribution in [0, 0.1) is 6.92 Å². The smallest absolute Gasteiger partial charge is 0.320 e. The molecule has 0 saturated carbocycles. The number of hydrogen-bond donors (Lipinski definition) is 2. The number of urea groups is 1. The average molecular weight is 440 g/mol. The molecule has 2 N–H and O–H groups in total. The normalized spacial score (nSPS) is 11.1. The minimum absolute atomic E-state index is 0.0361. The van der Waals surface area contributed by atoms with Crippen LogP contribution >= 0.6 is 15.9 Å². The molecule has 4 aromatic rings. The number of aromatic nitrogens is 3. The molecule has 0 aliphatic rings. The molecule has 0 spiro atoms. The zero-order chi connectivity index (χ0) is 19.8. The van der Waals surface area contributed by atoms with E-state index in [-0.39, 0.29) is 12.2 Å². The van der Waals surface area contributed by atoms with Crippen molar-refractivity contribution in [2.45, 2.75) is 13.6 Å². The van der Waals surface area contributed by atoms with Gasteiger partial charge in [0.1, 0.15) is 12.2 Å². The van der Waals surface area contributed by atoms with Crippen molar-refractivity contribution in [3.63, 3.8) is 0 Å². The topological polar surface area (TPSA) is 81.0 Å². The summed E-state index contributed by atoms with van der Waals surface area (Å²) in [4.78, 5) is 25.1. The van der Waals surface area contributed by atoms with Crippen molar-refractivity contribution in [3.8, 4) is 0 Å². The first kappa shape index (κ1) is 18.2. The highest BCUT2D eigenvalue weighted by Gasteiger charge is 2.14. The van der Waals surface area contributed by atoms with Gasteiger partial charge < -0.3 is 15.2 Å². The molecule has 0 aliphatic carbocycles. The summed E-state index contributed by atoms with van der Waals surface area (Å²) in [7, 11) is 1.85. The minimum atomic E-state index is -0.421. The number of benzene rings is 2. The quantitative estimate of drug-likeness (QED) is 0.510. The predicted octanol–water partition coefficient (Wildman–Crippen LogP) is 3.74. The monoisotopic (exact) mass is 439 g/mol. The summed E-state index contributed by atoms with van der Waals surface area (Å²) >= 11 is 3.42. The lowest BCUT2D eigenvalue weighted by Crippen LogP contribution is -2.36. The lowest BCUT2D eigenvalue weighted by Gasteiger charge is -2.10. The Hall–Kier alpha value is -3.13. The zero-order valence-electron chi connectivity index (χ0n) is 15.4. The molecule has 142 valence electrons. The number of carbonyl (C=O) groups excluding carboxylic acids is 1. The lowest BCUT2D eigenvalue weighted by atomic mass is 10.2. The molecule has 0 unspecified atom stereocenters. The minimum Gasteiger partial charge on any atom is -0.339 e. The summed E-state index contributed by atoms with van der Waals surface area (Å²) in [5.74, 6) is 0. The van der Waals surface area contributed by atoms with Crippen molar-refractivity contribution in [2.24, 2.45) is 7.05 Å². The fourth-order valence-corrected chi connectivity index (χ4v) is 3.85. The summed E-state index contributed by atoms with van der Waals surface area (Å²) in [6, 6.07) is 13.0.